The maximum atomic E-state index is 13.5. The van der Waals surface area contributed by atoms with Crippen LogP contribution in [0.2, 0.25) is 0 Å². The molecule has 4 aromatic rings. The quantitative estimate of drug-likeness (QED) is 0.418. The lowest BCUT2D eigenvalue weighted by Gasteiger charge is -2.23. The molecule has 11 heteroatoms. The number of pyridine rings is 1. The summed E-state index contributed by atoms with van der Waals surface area (Å²) in [6.07, 6.45) is 10.0. The summed E-state index contributed by atoms with van der Waals surface area (Å²) >= 11 is 0. The molecule has 2 N–H and O–H groups in total. The van der Waals surface area contributed by atoms with Crippen molar-refractivity contribution >= 4 is 17.3 Å². The van der Waals surface area contributed by atoms with Crippen LogP contribution in [0.15, 0.2) is 49.3 Å². The van der Waals surface area contributed by atoms with E-state index in [1.807, 2.05) is 35.9 Å². The minimum absolute atomic E-state index is 0.269. The number of benzene rings is 1. The number of aliphatic hydroxyl groups is 1. The zero-order valence-corrected chi connectivity index (χ0v) is 21.0. The van der Waals surface area contributed by atoms with Crippen molar-refractivity contribution in [3.63, 3.8) is 0 Å². The minimum Gasteiger partial charge on any atom is -0.489 e. The summed E-state index contributed by atoms with van der Waals surface area (Å²) in [5.74, 6) is 1.42. The molecule has 0 spiro atoms. The minimum atomic E-state index is -0.767. The van der Waals surface area contributed by atoms with E-state index in [2.05, 4.69) is 30.3 Å². The van der Waals surface area contributed by atoms with Gasteiger partial charge in [-0.25, -0.2) is 19.6 Å². The molecule has 0 radical (unpaired) electrons. The Morgan fingerprint density at radius 3 is 2.89 bits per heavy atom. The number of fused-ring (bicyclic) bond motifs is 3. The number of nitrogens with one attached hydrogen (secondary N) is 1. The first kappa shape index (κ1) is 22.9. The number of aromatic nitrogens is 6. The number of carbonyl (C=O) groups is 1. The second kappa shape index (κ2) is 8.66. The van der Waals surface area contributed by atoms with Gasteiger partial charge in [0.25, 0.3) is 5.91 Å². The zero-order chi connectivity index (χ0) is 25.9. The monoisotopic (exact) mass is 512 g/mol. The molecule has 1 amide bonds. The smallest absolute Gasteiger partial charge is 0.274 e. The fourth-order valence-electron chi connectivity index (χ4n) is 5.25. The van der Waals surface area contributed by atoms with Crippen molar-refractivity contribution in [2.24, 2.45) is 0 Å². The number of carbonyl (C=O) groups excluding carboxylic acids is 1. The molecule has 3 aliphatic rings. The normalized spacial score (nSPS) is 20.4. The lowest BCUT2D eigenvalue weighted by molar-refractivity contribution is 0.0839. The largest absolute Gasteiger partial charge is 0.489 e. The van der Waals surface area contributed by atoms with Gasteiger partial charge in [-0.15, -0.1) is 0 Å². The van der Waals surface area contributed by atoms with Crippen LogP contribution in [-0.4, -0.2) is 65.6 Å². The fourth-order valence-corrected chi connectivity index (χ4v) is 5.25. The van der Waals surface area contributed by atoms with Crippen molar-refractivity contribution in [1.82, 2.24) is 29.3 Å². The molecule has 1 aromatic carbocycles. The third kappa shape index (κ3) is 4.08. The highest BCUT2D eigenvalue weighted by molar-refractivity contribution is 6.05. The van der Waals surface area contributed by atoms with Gasteiger partial charge in [-0.3, -0.25) is 4.79 Å². The molecule has 2 aliphatic heterocycles. The second-order valence-electron chi connectivity index (χ2n) is 10.5. The van der Waals surface area contributed by atoms with E-state index in [0.29, 0.717) is 55.8 Å². The van der Waals surface area contributed by atoms with E-state index in [1.54, 1.807) is 23.3 Å². The van der Waals surface area contributed by atoms with E-state index in [0.717, 1.165) is 35.5 Å². The van der Waals surface area contributed by atoms with E-state index in [4.69, 9.17) is 4.74 Å². The molecule has 1 aliphatic carbocycles. The molecule has 5 heterocycles. The standard InChI is InChI=1S/C27H28N8O3/c1-27(37)7-8-33(14-27)23-12-28-20(11-22(23)34-13-21(30-16-34)17-5-6-17)26(36)32-19-4-2-3-18-24(19)38-10-9-35-25(18)29-15-31-35/h2-4,11-13,15-17,37H,5-10,14H2,1H3,(H,32,36). The summed E-state index contributed by atoms with van der Waals surface area (Å²) in [5.41, 5.74) is 3.54. The maximum absolute atomic E-state index is 13.5. The first-order valence-electron chi connectivity index (χ1n) is 12.9. The summed E-state index contributed by atoms with van der Waals surface area (Å²) in [6.45, 7) is 4.03. The van der Waals surface area contributed by atoms with Gasteiger partial charge >= 0.3 is 0 Å². The van der Waals surface area contributed by atoms with Gasteiger partial charge in [-0.05, 0) is 44.4 Å². The lowest BCUT2D eigenvalue weighted by Crippen LogP contribution is -2.30. The van der Waals surface area contributed by atoms with Crippen molar-refractivity contribution in [2.45, 2.75) is 44.2 Å². The number of β-amino-alcohol motifs (C(OH)–C–C–N with tert-alkyl or cyclic N) is 1. The van der Waals surface area contributed by atoms with Crippen LogP contribution in [0.1, 0.15) is 48.3 Å². The van der Waals surface area contributed by atoms with Gasteiger partial charge in [0, 0.05) is 25.2 Å². The fraction of sp³-hybridized carbons (Fsp3) is 0.370. The molecule has 1 saturated carbocycles. The van der Waals surface area contributed by atoms with Gasteiger partial charge in [-0.1, -0.05) is 6.07 Å². The van der Waals surface area contributed by atoms with Crippen LogP contribution in [0.3, 0.4) is 0 Å². The number of imidazole rings is 1. The van der Waals surface area contributed by atoms with Crippen molar-refractivity contribution in [3.8, 4) is 22.8 Å². The molecular weight excluding hydrogens is 484 g/mol. The number of hydrogen-bond donors (Lipinski definition) is 2. The summed E-state index contributed by atoms with van der Waals surface area (Å²) < 4.78 is 9.76. The second-order valence-corrected chi connectivity index (χ2v) is 10.5. The maximum Gasteiger partial charge on any atom is 0.274 e. The van der Waals surface area contributed by atoms with Crippen LogP contribution < -0.4 is 15.0 Å². The molecule has 3 aromatic heterocycles. The average Bonchev–Trinajstić information content (AvgIpc) is 3.33. The Kier molecular flexibility index (Phi) is 5.22. The molecule has 194 valence electrons. The Morgan fingerprint density at radius 2 is 2.08 bits per heavy atom. The molecule has 2 fully saturated rings. The summed E-state index contributed by atoms with van der Waals surface area (Å²) in [7, 11) is 0. The highest BCUT2D eigenvalue weighted by Gasteiger charge is 2.33. The Morgan fingerprint density at radius 1 is 1.18 bits per heavy atom. The number of para-hydroxylation sites is 1. The van der Waals surface area contributed by atoms with Crippen LogP contribution >= 0.6 is 0 Å². The first-order chi connectivity index (χ1) is 18.4. The first-order valence-corrected chi connectivity index (χ1v) is 12.9. The molecule has 1 unspecified atom stereocenters. The molecule has 38 heavy (non-hydrogen) atoms. The van der Waals surface area contributed by atoms with Gasteiger partial charge in [0.05, 0.1) is 53.0 Å². The predicted molar refractivity (Wildman–Crippen MR) is 140 cm³/mol. The van der Waals surface area contributed by atoms with Gasteiger partial charge in [-0.2, -0.15) is 5.10 Å². The predicted octanol–water partition coefficient (Wildman–Crippen LogP) is 3.01. The number of nitrogens with zero attached hydrogens (tertiary/aromatic N) is 7. The Hall–Kier alpha value is -4.25. The highest BCUT2D eigenvalue weighted by atomic mass is 16.5. The summed E-state index contributed by atoms with van der Waals surface area (Å²) in [6, 6.07) is 7.36. The number of ether oxygens (including phenoxy) is 1. The van der Waals surface area contributed by atoms with Crippen LogP contribution in [0.25, 0.3) is 17.1 Å². The summed E-state index contributed by atoms with van der Waals surface area (Å²) in [5, 5.41) is 17.8. The number of amides is 1. The van der Waals surface area contributed by atoms with E-state index in [9.17, 15) is 9.90 Å². The van der Waals surface area contributed by atoms with Gasteiger partial charge in [0.15, 0.2) is 11.6 Å². The van der Waals surface area contributed by atoms with Gasteiger partial charge in [0.1, 0.15) is 18.6 Å². The zero-order valence-electron chi connectivity index (χ0n) is 21.0. The van der Waals surface area contributed by atoms with Crippen molar-refractivity contribution in [1.29, 1.82) is 0 Å². The molecule has 1 atom stereocenters. The molecule has 0 bridgehead atoms. The van der Waals surface area contributed by atoms with Crippen molar-refractivity contribution in [2.75, 3.05) is 29.9 Å². The summed E-state index contributed by atoms with van der Waals surface area (Å²) in [4.78, 5) is 29.1. The third-order valence-electron chi connectivity index (χ3n) is 7.43. The van der Waals surface area contributed by atoms with Crippen molar-refractivity contribution < 1.29 is 14.6 Å². The SMILES string of the molecule is CC1(O)CCN(c2cnc(C(=O)Nc3cccc4c3OCCn3ncnc3-4)cc2-n2cnc(C3CC3)c2)C1. The Bertz CT molecular complexity index is 1540. The number of hydrogen-bond acceptors (Lipinski definition) is 8. The molecular formula is C27H28N8O3. The topological polar surface area (TPSA) is 123 Å². The van der Waals surface area contributed by atoms with Gasteiger partial charge in [0.2, 0.25) is 0 Å². The third-order valence-corrected chi connectivity index (χ3v) is 7.43. The lowest BCUT2D eigenvalue weighted by atomic mass is 10.1. The van der Waals surface area contributed by atoms with Crippen LogP contribution in [0.4, 0.5) is 11.4 Å². The Balaban J connectivity index is 1.23. The van der Waals surface area contributed by atoms with E-state index >= 15 is 0 Å². The van der Waals surface area contributed by atoms with E-state index in [-0.39, 0.29) is 11.6 Å². The highest BCUT2D eigenvalue weighted by Crippen LogP contribution is 2.40. The number of rotatable bonds is 5. The van der Waals surface area contributed by atoms with Crippen LogP contribution in [0, 0.1) is 0 Å². The average molecular weight is 513 g/mol. The van der Waals surface area contributed by atoms with Gasteiger partial charge < -0.3 is 24.6 Å². The number of anilines is 2. The molecule has 7 rings (SSSR count). The molecule has 1 saturated heterocycles. The molecule has 11 nitrogen and oxygen atoms in total. The van der Waals surface area contributed by atoms with E-state index in [1.165, 1.54) is 6.33 Å². The van der Waals surface area contributed by atoms with Crippen LogP contribution in [-0.2, 0) is 6.54 Å². The van der Waals surface area contributed by atoms with E-state index < -0.39 is 5.60 Å². The Labute approximate surface area is 219 Å². The van der Waals surface area contributed by atoms with Crippen molar-refractivity contribution in [3.05, 3.63) is 60.7 Å². The van der Waals surface area contributed by atoms with Crippen LogP contribution in [0.5, 0.6) is 5.75 Å².